The summed E-state index contributed by atoms with van der Waals surface area (Å²) < 4.78 is 5.23. The van der Waals surface area contributed by atoms with E-state index in [1.807, 2.05) is 12.1 Å². The van der Waals surface area contributed by atoms with Gasteiger partial charge in [0.1, 0.15) is 5.52 Å². The Bertz CT molecular complexity index is 364. The second-order valence-electron chi connectivity index (χ2n) is 2.47. The number of nitrogens with zero attached hydrogens (tertiary/aromatic N) is 1. The molecular formula is C9H9NO. The number of hydrogen-bond acceptors (Lipinski definition) is 2. The second-order valence-corrected chi connectivity index (χ2v) is 2.47. The Kier molecular flexibility index (Phi) is 1.39. The normalized spacial score (nSPS) is 10.6. The van der Waals surface area contributed by atoms with Crippen LogP contribution in [-0.2, 0) is 6.42 Å². The van der Waals surface area contributed by atoms with Crippen molar-refractivity contribution in [1.82, 2.24) is 4.98 Å². The number of benzene rings is 1. The predicted molar refractivity (Wildman–Crippen MR) is 43.4 cm³/mol. The van der Waals surface area contributed by atoms with E-state index in [1.165, 1.54) is 12.0 Å². The summed E-state index contributed by atoms with van der Waals surface area (Å²) in [6, 6.07) is 6.02. The van der Waals surface area contributed by atoms with Gasteiger partial charge in [0.25, 0.3) is 0 Å². The molecule has 0 aliphatic carbocycles. The average Bonchev–Trinajstić information content (AvgIpc) is 2.50. The van der Waals surface area contributed by atoms with Crippen molar-refractivity contribution in [2.75, 3.05) is 0 Å². The second kappa shape index (κ2) is 2.38. The van der Waals surface area contributed by atoms with Gasteiger partial charge in [0.15, 0.2) is 12.0 Å². The molecule has 2 rings (SSSR count). The first-order chi connectivity index (χ1) is 5.42. The summed E-state index contributed by atoms with van der Waals surface area (Å²) in [5, 5.41) is 0. The summed E-state index contributed by atoms with van der Waals surface area (Å²) in [6.45, 7) is 2.11. The van der Waals surface area contributed by atoms with Crippen molar-refractivity contribution >= 4 is 11.1 Å². The van der Waals surface area contributed by atoms with Crippen LogP contribution in [0.5, 0.6) is 0 Å². The molecule has 0 saturated heterocycles. The van der Waals surface area contributed by atoms with E-state index < -0.39 is 0 Å². The maximum atomic E-state index is 5.23. The molecule has 1 aromatic carbocycles. The summed E-state index contributed by atoms with van der Waals surface area (Å²) in [5.41, 5.74) is 3.10. The fraction of sp³-hybridized carbons (Fsp3) is 0.222. The van der Waals surface area contributed by atoms with E-state index in [-0.39, 0.29) is 0 Å². The average molecular weight is 147 g/mol. The molecule has 1 aromatic heterocycles. The molecule has 0 aliphatic heterocycles. The summed E-state index contributed by atoms with van der Waals surface area (Å²) >= 11 is 0. The largest absolute Gasteiger partial charge is 0.443 e. The van der Waals surface area contributed by atoms with E-state index in [4.69, 9.17) is 4.42 Å². The number of aromatic nitrogens is 1. The molecule has 0 radical (unpaired) electrons. The van der Waals surface area contributed by atoms with Crippen LogP contribution < -0.4 is 0 Å². The molecule has 2 aromatic rings. The van der Waals surface area contributed by atoms with Gasteiger partial charge in [-0.3, -0.25) is 0 Å². The summed E-state index contributed by atoms with van der Waals surface area (Å²) in [4.78, 5) is 4.06. The molecule has 2 nitrogen and oxygen atoms in total. The molecule has 0 aliphatic rings. The Morgan fingerprint density at radius 3 is 3.18 bits per heavy atom. The van der Waals surface area contributed by atoms with Gasteiger partial charge in [-0.05, 0) is 18.1 Å². The Hall–Kier alpha value is -1.31. The van der Waals surface area contributed by atoms with Crippen LogP contribution in [0.3, 0.4) is 0 Å². The monoisotopic (exact) mass is 147 g/mol. The van der Waals surface area contributed by atoms with Crippen molar-refractivity contribution in [3.63, 3.8) is 0 Å². The van der Waals surface area contributed by atoms with E-state index in [0.29, 0.717) is 0 Å². The van der Waals surface area contributed by atoms with Crippen LogP contribution in [-0.4, -0.2) is 4.98 Å². The number of fused-ring (bicyclic) bond motifs is 1. The predicted octanol–water partition coefficient (Wildman–Crippen LogP) is 2.39. The summed E-state index contributed by atoms with van der Waals surface area (Å²) in [6.07, 6.45) is 2.48. The molecule has 0 fully saturated rings. The number of para-hydroxylation sites is 1. The lowest BCUT2D eigenvalue weighted by Gasteiger charge is -1.93. The van der Waals surface area contributed by atoms with E-state index >= 15 is 0 Å². The molecule has 1 heterocycles. The Balaban J connectivity index is 2.79. The van der Waals surface area contributed by atoms with Crippen LogP contribution in [0.25, 0.3) is 11.1 Å². The van der Waals surface area contributed by atoms with Gasteiger partial charge in [-0.1, -0.05) is 19.1 Å². The van der Waals surface area contributed by atoms with Crippen molar-refractivity contribution < 1.29 is 4.42 Å². The minimum atomic E-state index is 0.926. The zero-order valence-corrected chi connectivity index (χ0v) is 6.37. The summed E-state index contributed by atoms with van der Waals surface area (Å²) in [5.74, 6) is 0. The molecule has 0 unspecified atom stereocenters. The lowest BCUT2D eigenvalue weighted by atomic mass is 10.1. The van der Waals surface area contributed by atoms with Gasteiger partial charge in [0.2, 0.25) is 0 Å². The van der Waals surface area contributed by atoms with Gasteiger partial charge in [0.05, 0.1) is 0 Å². The van der Waals surface area contributed by atoms with Crippen molar-refractivity contribution in [1.29, 1.82) is 0 Å². The highest BCUT2D eigenvalue weighted by molar-refractivity contribution is 5.75. The maximum Gasteiger partial charge on any atom is 0.181 e. The number of oxazole rings is 1. The molecule has 0 bridgehead atoms. The van der Waals surface area contributed by atoms with Gasteiger partial charge in [0, 0.05) is 0 Å². The number of aryl methyl sites for hydroxylation is 1. The van der Waals surface area contributed by atoms with Gasteiger partial charge >= 0.3 is 0 Å². The highest BCUT2D eigenvalue weighted by atomic mass is 16.3. The van der Waals surface area contributed by atoms with E-state index in [1.54, 1.807) is 0 Å². The van der Waals surface area contributed by atoms with Crippen LogP contribution in [0.15, 0.2) is 29.0 Å². The Morgan fingerprint density at radius 2 is 2.36 bits per heavy atom. The van der Waals surface area contributed by atoms with Gasteiger partial charge < -0.3 is 4.42 Å². The van der Waals surface area contributed by atoms with Crippen LogP contribution in [0, 0.1) is 0 Å². The van der Waals surface area contributed by atoms with Crippen LogP contribution in [0.2, 0.25) is 0 Å². The first kappa shape index (κ1) is 6.40. The molecular weight excluding hydrogens is 138 g/mol. The highest BCUT2D eigenvalue weighted by Crippen LogP contribution is 2.17. The van der Waals surface area contributed by atoms with E-state index in [9.17, 15) is 0 Å². The first-order valence-corrected chi connectivity index (χ1v) is 3.73. The minimum Gasteiger partial charge on any atom is -0.443 e. The first-order valence-electron chi connectivity index (χ1n) is 3.73. The van der Waals surface area contributed by atoms with Crippen LogP contribution in [0.4, 0.5) is 0 Å². The molecule has 0 saturated carbocycles. The third kappa shape index (κ3) is 0.909. The van der Waals surface area contributed by atoms with Crippen molar-refractivity contribution in [3.8, 4) is 0 Å². The standard InChI is InChI=1S/C9H9NO/c1-2-7-4-3-5-8-9(7)11-6-10-8/h3-6H,2H2,1H3. The van der Waals surface area contributed by atoms with Gasteiger partial charge in [-0.15, -0.1) is 0 Å². The third-order valence-corrected chi connectivity index (χ3v) is 1.82. The fourth-order valence-electron chi connectivity index (χ4n) is 1.22. The SMILES string of the molecule is CCc1cccc2ncoc12. The molecule has 2 heteroatoms. The van der Waals surface area contributed by atoms with Gasteiger partial charge in [-0.2, -0.15) is 0 Å². The lowest BCUT2D eigenvalue weighted by Crippen LogP contribution is -1.79. The van der Waals surface area contributed by atoms with Gasteiger partial charge in [-0.25, -0.2) is 4.98 Å². The molecule has 56 valence electrons. The minimum absolute atomic E-state index is 0.926. The van der Waals surface area contributed by atoms with E-state index in [2.05, 4.69) is 18.0 Å². The van der Waals surface area contributed by atoms with Crippen LogP contribution >= 0.6 is 0 Å². The Morgan fingerprint density at radius 1 is 1.45 bits per heavy atom. The summed E-state index contributed by atoms with van der Waals surface area (Å²) in [7, 11) is 0. The molecule has 11 heavy (non-hydrogen) atoms. The fourth-order valence-corrected chi connectivity index (χ4v) is 1.22. The number of hydrogen-bond donors (Lipinski definition) is 0. The maximum absolute atomic E-state index is 5.23. The van der Waals surface area contributed by atoms with E-state index in [0.717, 1.165) is 17.5 Å². The highest BCUT2D eigenvalue weighted by Gasteiger charge is 2.01. The topological polar surface area (TPSA) is 26.0 Å². The lowest BCUT2D eigenvalue weighted by molar-refractivity contribution is 0.598. The van der Waals surface area contributed by atoms with Crippen molar-refractivity contribution in [3.05, 3.63) is 30.2 Å². The Labute approximate surface area is 64.9 Å². The number of rotatable bonds is 1. The molecule has 0 spiro atoms. The molecule has 0 amide bonds. The smallest absolute Gasteiger partial charge is 0.181 e. The molecule has 0 N–H and O–H groups in total. The van der Waals surface area contributed by atoms with Crippen LogP contribution in [0.1, 0.15) is 12.5 Å². The van der Waals surface area contributed by atoms with Crippen molar-refractivity contribution in [2.45, 2.75) is 13.3 Å². The quantitative estimate of drug-likeness (QED) is 0.619. The zero-order chi connectivity index (χ0) is 7.68. The van der Waals surface area contributed by atoms with Crippen molar-refractivity contribution in [2.24, 2.45) is 0 Å². The zero-order valence-electron chi connectivity index (χ0n) is 6.37. The third-order valence-electron chi connectivity index (χ3n) is 1.82. The molecule has 0 atom stereocenters.